The fraction of sp³-hybridized carbons (Fsp3) is 0.364. The third-order valence-corrected chi connectivity index (χ3v) is 5.76. The van der Waals surface area contributed by atoms with E-state index in [-0.39, 0.29) is 0 Å². The minimum absolute atomic E-state index is 0.307. The lowest BCUT2D eigenvalue weighted by atomic mass is 9.57. The van der Waals surface area contributed by atoms with Gasteiger partial charge in [-0.2, -0.15) is 0 Å². The molecular formula is C22H26O. The first kappa shape index (κ1) is 15.9. The Morgan fingerprint density at radius 2 is 1.52 bits per heavy atom. The molecule has 0 bridgehead atoms. The third-order valence-electron chi connectivity index (χ3n) is 5.76. The van der Waals surface area contributed by atoms with Crippen molar-refractivity contribution < 1.29 is 4.42 Å². The fourth-order valence-corrected chi connectivity index (χ4v) is 3.38. The Bertz CT molecular complexity index is 762. The van der Waals surface area contributed by atoms with Crippen molar-refractivity contribution in [1.29, 1.82) is 0 Å². The van der Waals surface area contributed by atoms with Gasteiger partial charge in [0.1, 0.15) is 5.58 Å². The molecule has 23 heavy (non-hydrogen) atoms. The molecule has 120 valence electrons. The van der Waals surface area contributed by atoms with Gasteiger partial charge in [0.25, 0.3) is 0 Å². The molecule has 0 spiro atoms. The summed E-state index contributed by atoms with van der Waals surface area (Å²) in [4.78, 5) is 0. The Morgan fingerprint density at radius 3 is 2.30 bits per heavy atom. The molecule has 0 unspecified atom stereocenters. The Labute approximate surface area is 139 Å². The van der Waals surface area contributed by atoms with Crippen LogP contribution in [-0.4, -0.2) is 0 Å². The number of para-hydroxylation sites is 1. The molecule has 0 N–H and O–H groups in total. The van der Waals surface area contributed by atoms with Gasteiger partial charge in [0.15, 0.2) is 0 Å². The minimum Gasteiger partial charge on any atom is -0.464 e. The van der Waals surface area contributed by atoms with Crippen LogP contribution in [0.3, 0.4) is 0 Å². The molecule has 0 amide bonds. The van der Waals surface area contributed by atoms with E-state index in [0.717, 1.165) is 11.0 Å². The molecule has 1 aliphatic rings. The van der Waals surface area contributed by atoms with Gasteiger partial charge >= 0.3 is 0 Å². The van der Waals surface area contributed by atoms with Gasteiger partial charge < -0.3 is 4.42 Å². The van der Waals surface area contributed by atoms with Gasteiger partial charge in [-0.3, -0.25) is 0 Å². The highest BCUT2D eigenvalue weighted by Gasteiger charge is 2.41. The van der Waals surface area contributed by atoms with Crippen LogP contribution in [0.15, 0.2) is 65.3 Å². The Morgan fingerprint density at radius 1 is 0.826 bits per heavy atom. The first-order valence-corrected chi connectivity index (χ1v) is 8.42. The zero-order valence-corrected chi connectivity index (χ0v) is 14.6. The summed E-state index contributed by atoms with van der Waals surface area (Å²) in [5.41, 5.74) is 4.79. The summed E-state index contributed by atoms with van der Waals surface area (Å²) in [7, 11) is 0. The van der Waals surface area contributed by atoms with Crippen molar-refractivity contribution in [3.8, 4) is 0 Å². The molecule has 0 radical (unpaired) electrons. The zero-order valence-electron chi connectivity index (χ0n) is 14.6. The lowest BCUT2D eigenvalue weighted by Gasteiger charge is -2.47. The van der Waals surface area contributed by atoms with E-state index in [0.29, 0.717) is 10.8 Å². The topological polar surface area (TPSA) is 13.1 Å². The molecule has 0 fully saturated rings. The second kappa shape index (κ2) is 5.88. The van der Waals surface area contributed by atoms with Crippen LogP contribution < -0.4 is 0 Å². The molecule has 0 saturated carbocycles. The van der Waals surface area contributed by atoms with Crippen LogP contribution in [0.25, 0.3) is 11.0 Å². The van der Waals surface area contributed by atoms with Crippen molar-refractivity contribution in [2.45, 2.75) is 46.0 Å². The predicted octanol–water partition coefficient (Wildman–Crippen LogP) is 6.37. The third kappa shape index (κ3) is 2.93. The van der Waals surface area contributed by atoms with Crippen LogP contribution in [0, 0.1) is 5.41 Å². The molecule has 1 aromatic heterocycles. The van der Waals surface area contributed by atoms with Gasteiger partial charge in [-0.05, 0) is 46.9 Å². The van der Waals surface area contributed by atoms with Crippen LogP contribution >= 0.6 is 0 Å². The van der Waals surface area contributed by atoms with Gasteiger partial charge in [0, 0.05) is 5.39 Å². The van der Waals surface area contributed by atoms with E-state index in [1.807, 2.05) is 30.3 Å². The van der Waals surface area contributed by atoms with Crippen molar-refractivity contribution >= 4 is 11.0 Å². The number of aryl methyl sites for hydroxylation is 1. The summed E-state index contributed by atoms with van der Waals surface area (Å²) in [6.45, 7) is 9.54. The molecule has 1 heteroatoms. The molecule has 0 atom stereocenters. The molecule has 1 heterocycles. The lowest BCUT2D eigenvalue weighted by Crippen LogP contribution is -2.40. The maximum Gasteiger partial charge on any atom is 0.133 e. The average Bonchev–Trinajstić information content (AvgIpc) is 3.01. The van der Waals surface area contributed by atoms with E-state index >= 15 is 0 Å². The second-order valence-electron chi connectivity index (χ2n) is 7.62. The lowest BCUT2D eigenvalue weighted by molar-refractivity contribution is 0.165. The van der Waals surface area contributed by atoms with Gasteiger partial charge in [0.05, 0.1) is 6.26 Å². The summed E-state index contributed by atoms with van der Waals surface area (Å²) >= 11 is 0. The molecule has 2 aromatic carbocycles. The van der Waals surface area contributed by atoms with Gasteiger partial charge in [-0.25, -0.2) is 0 Å². The SMILES string of the molecule is CC1(C)CCc2ccccc2C1(C)C.c1ccc2occc2c1. The zero-order chi connectivity index (χ0) is 16.5. The molecule has 0 aliphatic heterocycles. The van der Waals surface area contributed by atoms with Gasteiger partial charge in [0.2, 0.25) is 0 Å². The summed E-state index contributed by atoms with van der Waals surface area (Å²) in [6, 6.07) is 18.8. The molecule has 0 saturated heterocycles. The smallest absolute Gasteiger partial charge is 0.133 e. The van der Waals surface area contributed by atoms with Crippen LogP contribution in [0.2, 0.25) is 0 Å². The highest BCUT2D eigenvalue weighted by atomic mass is 16.3. The van der Waals surface area contributed by atoms with Crippen molar-refractivity contribution in [3.05, 3.63) is 72.0 Å². The number of hydrogen-bond acceptors (Lipinski definition) is 1. The summed E-state index contributed by atoms with van der Waals surface area (Å²) in [5.74, 6) is 0. The van der Waals surface area contributed by atoms with Crippen LogP contribution in [-0.2, 0) is 11.8 Å². The van der Waals surface area contributed by atoms with Gasteiger partial charge in [-0.15, -0.1) is 0 Å². The quantitative estimate of drug-likeness (QED) is 0.470. The van der Waals surface area contributed by atoms with Gasteiger partial charge in [-0.1, -0.05) is 70.2 Å². The van der Waals surface area contributed by atoms with Crippen molar-refractivity contribution in [3.63, 3.8) is 0 Å². The fourth-order valence-electron chi connectivity index (χ4n) is 3.38. The Kier molecular flexibility index (Phi) is 4.06. The van der Waals surface area contributed by atoms with E-state index in [1.165, 1.54) is 12.8 Å². The molecule has 4 rings (SSSR count). The Hall–Kier alpha value is -2.02. The standard InChI is InChI=1S/C14H20.C8H6O/c1-13(2)10-9-11-7-5-6-8-12(11)14(13,3)4;1-2-4-8-7(3-1)5-6-9-8/h5-8H,9-10H2,1-4H3;1-6H. The molecule has 1 aliphatic carbocycles. The number of furan rings is 1. The van der Waals surface area contributed by atoms with E-state index in [1.54, 1.807) is 17.4 Å². The van der Waals surface area contributed by atoms with Crippen molar-refractivity contribution in [2.24, 2.45) is 5.41 Å². The highest BCUT2D eigenvalue weighted by Crippen LogP contribution is 2.49. The van der Waals surface area contributed by atoms with E-state index < -0.39 is 0 Å². The van der Waals surface area contributed by atoms with Crippen molar-refractivity contribution in [1.82, 2.24) is 0 Å². The highest BCUT2D eigenvalue weighted by molar-refractivity contribution is 5.76. The normalized spacial score (nSPS) is 17.9. The molecular weight excluding hydrogens is 280 g/mol. The van der Waals surface area contributed by atoms with E-state index in [2.05, 4.69) is 52.0 Å². The predicted molar refractivity (Wildman–Crippen MR) is 97.8 cm³/mol. The largest absolute Gasteiger partial charge is 0.464 e. The van der Waals surface area contributed by atoms with E-state index in [4.69, 9.17) is 4.42 Å². The second-order valence-corrected chi connectivity index (χ2v) is 7.62. The summed E-state index contributed by atoms with van der Waals surface area (Å²) in [5, 5.41) is 1.16. The maximum atomic E-state index is 5.12. The monoisotopic (exact) mass is 306 g/mol. The molecule has 1 nitrogen and oxygen atoms in total. The average molecular weight is 306 g/mol. The minimum atomic E-state index is 0.307. The number of benzene rings is 2. The summed E-state index contributed by atoms with van der Waals surface area (Å²) < 4.78 is 5.12. The van der Waals surface area contributed by atoms with Crippen molar-refractivity contribution in [2.75, 3.05) is 0 Å². The number of hydrogen-bond donors (Lipinski definition) is 0. The Balaban J connectivity index is 0.000000149. The summed E-state index contributed by atoms with van der Waals surface area (Å²) in [6.07, 6.45) is 4.24. The van der Waals surface area contributed by atoms with E-state index in [9.17, 15) is 0 Å². The maximum absolute atomic E-state index is 5.12. The number of rotatable bonds is 0. The van der Waals surface area contributed by atoms with Crippen LogP contribution in [0.1, 0.15) is 45.2 Å². The number of fused-ring (bicyclic) bond motifs is 2. The first-order valence-electron chi connectivity index (χ1n) is 8.42. The van der Waals surface area contributed by atoms with Crippen LogP contribution in [0.5, 0.6) is 0 Å². The van der Waals surface area contributed by atoms with Crippen LogP contribution in [0.4, 0.5) is 0 Å². The first-order chi connectivity index (χ1) is 10.9. The molecule has 3 aromatic rings.